The Bertz CT molecular complexity index is 873. The van der Waals surface area contributed by atoms with Crippen molar-refractivity contribution in [2.24, 2.45) is 0 Å². The van der Waals surface area contributed by atoms with E-state index in [-0.39, 0.29) is 18.1 Å². The third-order valence-corrected chi connectivity index (χ3v) is 4.25. The lowest BCUT2D eigenvalue weighted by Gasteiger charge is -2.17. The fraction of sp³-hybridized carbons (Fsp3) is 0.286. The molecule has 3 rings (SSSR count). The zero-order valence-electron chi connectivity index (χ0n) is 15.3. The first-order chi connectivity index (χ1) is 12.6. The van der Waals surface area contributed by atoms with Gasteiger partial charge in [-0.3, -0.25) is 0 Å². The average molecular weight is 352 g/mol. The SMILES string of the molecule is CCOc1cccc2cc([C@H](C)NC(=O)N[C@@H](C)c3ccccc3)oc12. The molecule has 0 unspecified atom stereocenters. The summed E-state index contributed by atoms with van der Waals surface area (Å²) in [5, 5.41) is 6.83. The highest BCUT2D eigenvalue weighted by Crippen LogP contribution is 2.31. The number of amides is 2. The number of para-hydroxylation sites is 1. The Labute approximate surface area is 153 Å². The van der Waals surface area contributed by atoms with E-state index >= 15 is 0 Å². The normalized spacial score (nSPS) is 13.2. The molecule has 26 heavy (non-hydrogen) atoms. The lowest BCUT2D eigenvalue weighted by molar-refractivity contribution is 0.233. The zero-order valence-corrected chi connectivity index (χ0v) is 15.3. The molecule has 0 aliphatic heterocycles. The van der Waals surface area contributed by atoms with Gasteiger partial charge in [0.05, 0.1) is 18.7 Å². The number of carbonyl (C=O) groups excluding carboxylic acids is 1. The van der Waals surface area contributed by atoms with Crippen LogP contribution in [0.25, 0.3) is 11.0 Å². The number of fused-ring (bicyclic) bond motifs is 1. The highest BCUT2D eigenvalue weighted by atomic mass is 16.5. The van der Waals surface area contributed by atoms with Crippen molar-refractivity contribution in [3.63, 3.8) is 0 Å². The van der Waals surface area contributed by atoms with Crippen LogP contribution in [0.5, 0.6) is 5.75 Å². The first-order valence-corrected chi connectivity index (χ1v) is 8.85. The van der Waals surface area contributed by atoms with Gasteiger partial charge >= 0.3 is 6.03 Å². The van der Waals surface area contributed by atoms with Crippen molar-refractivity contribution in [1.82, 2.24) is 10.6 Å². The third-order valence-electron chi connectivity index (χ3n) is 4.25. The van der Waals surface area contributed by atoms with Gasteiger partial charge < -0.3 is 19.8 Å². The largest absolute Gasteiger partial charge is 0.490 e. The van der Waals surface area contributed by atoms with Gasteiger partial charge in [-0.15, -0.1) is 0 Å². The van der Waals surface area contributed by atoms with Gasteiger partial charge in [-0.2, -0.15) is 0 Å². The average Bonchev–Trinajstić information content (AvgIpc) is 3.08. The predicted octanol–water partition coefficient (Wildman–Crippen LogP) is 4.95. The summed E-state index contributed by atoms with van der Waals surface area (Å²) in [7, 11) is 0. The van der Waals surface area contributed by atoms with Gasteiger partial charge in [-0.25, -0.2) is 4.79 Å². The lowest BCUT2D eigenvalue weighted by Crippen LogP contribution is -2.38. The van der Waals surface area contributed by atoms with Crippen LogP contribution in [-0.2, 0) is 0 Å². The third kappa shape index (κ3) is 3.99. The maximum absolute atomic E-state index is 12.3. The van der Waals surface area contributed by atoms with E-state index in [4.69, 9.17) is 9.15 Å². The van der Waals surface area contributed by atoms with Crippen molar-refractivity contribution in [3.8, 4) is 5.75 Å². The van der Waals surface area contributed by atoms with Gasteiger partial charge in [0, 0.05) is 5.39 Å². The molecule has 5 heteroatoms. The van der Waals surface area contributed by atoms with E-state index in [1.807, 2.05) is 75.4 Å². The maximum atomic E-state index is 12.3. The molecule has 2 atom stereocenters. The Hall–Kier alpha value is -2.95. The van der Waals surface area contributed by atoms with Gasteiger partial charge in [0.2, 0.25) is 0 Å². The van der Waals surface area contributed by atoms with Crippen LogP contribution in [-0.4, -0.2) is 12.6 Å². The molecular weight excluding hydrogens is 328 g/mol. The Morgan fingerprint density at radius 2 is 1.77 bits per heavy atom. The number of ether oxygens (including phenoxy) is 1. The second kappa shape index (κ2) is 7.95. The van der Waals surface area contributed by atoms with Crippen LogP contribution in [0.3, 0.4) is 0 Å². The Balaban J connectivity index is 1.67. The van der Waals surface area contributed by atoms with Crippen LogP contribution in [0.15, 0.2) is 59.0 Å². The highest BCUT2D eigenvalue weighted by molar-refractivity contribution is 5.84. The molecule has 1 heterocycles. The Kier molecular flexibility index (Phi) is 5.46. The summed E-state index contributed by atoms with van der Waals surface area (Å²) in [5.41, 5.74) is 1.76. The standard InChI is InChI=1S/C21H24N2O3/c1-4-25-18-12-8-11-17-13-19(26-20(17)18)15(3)23-21(24)22-14(2)16-9-6-5-7-10-16/h5-15H,4H2,1-3H3,(H2,22,23,24)/t14-,15-/m0/s1. The smallest absolute Gasteiger partial charge is 0.315 e. The Morgan fingerprint density at radius 1 is 1.04 bits per heavy atom. The zero-order chi connectivity index (χ0) is 18.5. The number of urea groups is 1. The minimum Gasteiger partial charge on any atom is -0.490 e. The molecule has 0 radical (unpaired) electrons. The molecule has 2 N–H and O–H groups in total. The summed E-state index contributed by atoms with van der Waals surface area (Å²) < 4.78 is 11.5. The number of furan rings is 1. The molecule has 0 saturated carbocycles. The maximum Gasteiger partial charge on any atom is 0.315 e. The van der Waals surface area contributed by atoms with Crippen LogP contribution < -0.4 is 15.4 Å². The molecule has 0 fully saturated rings. The molecule has 0 aliphatic carbocycles. The number of hydrogen-bond acceptors (Lipinski definition) is 3. The highest BCUT2D eigenvalue weighted by Gasteiger charge is 2.17. The number of carbonyl (C=O) groups is 1. The van der Waals surface area contributed by atoms with Gasteiger partial charge in [-0.1, -0.05) is 42.5 Å². The van der Waals surface area contributed by atoms with Gasteiger partial charge in [-0.05, 0) is 38.5 Å². The molecular formula is C21H24N2O3. The molecule has 2 amide bonds. The van der Waals surface area contributed by atoms with Crippen molar-refractivity contribution in [3.05, 3.63) is 65.9 Å². The summed E-state index contributed by atoms with van der Waals surface area (Å²) in [5.74, 6) is 1.40. The van der Waals surface area contributed by atoms with E-state index < -0.39 is 0 Å². The van der Waals surface area contributed by atoms with Gasteiger partial charge in [0.25, 0.3) is 0 Å². The molecule has 0 aliphatic rings. The summed E-state index contributed by atoms with van der Waals surface area (Å²) >= 11 is 0. The van der Waals surface area contributed by atoms with Crippen LogP contribution in [0, 0.1) is 0 Å². The molecule has 1 aromatic heterocycles. The fourth-order valence-electron chi connectivity index (χ4n) is 2.87. The fourth-order valence-corrected chi connectivity index (χ4v) is 2.87. The molecule has 0 spiro atoms. The van der Waals surface area contributed by atoms with Crippen molar-refractivity contribution in [2.75, 3.05) is 6.61 Å². The minimum absolute atomic E-state index is 0.0800. The van der Waals surface area contributed by atoms with Crippen molar-refractivity contribution < 1.29 is 13.9 Å². The van der Waals surface area contributed by atoms with Crippen molar-refractivity contribution in [1.29, 1.82) is 0 Å². The van der Waals surface area contributed by atoms with Crippen LogP contribution in [0.4, 0.5) is 4.79 Å². The number of nitrogens with one attached hydrogen (secondary N) is 2. The van der Waals surface area contributed by atoms with E-state index in [0.29, 0.717) is 23.7 Å². The van der Waals surface area contributed by atoms with Crippen LogP contribution >= 0.6 is 0 Å². The van der Waals surface area contributed by atoms with Crippen LogP contribution in [0.2, 0.25) is 0 Å². The van der Waals surface area contributed by atoms with Gasteiger partial charge in [0.1, 0.15) is 5.76 Å². The predicted molar refractivity (Wildman–Crippen MR) is 102 cm³/mol. The van der Waals surface area contributed by atoms with E-state index in [9.17, 15) is 4.79 Å². The quantitative estimate of drug-likeness (QED) is 0.659. The lowest BCUT2D eigenvalue weighted by atomic mass is 10.1. The number of hydrogen-bond donors (Lipinski definition) is 2. The summed E-state index contributed by atoms with van der Waals surface area (Å²) in [4.78, 5) is 12.3. The summed E-state index contributed by atoms with van der Waals surface area (Å²) in [6.45, 7) is 6.35. The van der Waals surface area contributed by atoms with E-state index in [2.05, 4.69) is 10.6 Å². The molecule has 0 bridgehead atoms. The second-order valence-corrected chi connectivity index (χ2v) is 6.23. The molecule has 2 aromatic carbocycles. The first kappa shape index (κ1) is 17.9. The summed E-state index contributed by atoms with van der Waals surface area (Å²) in [6, 6.07) is 17.0. The molecule has 0 saturated heterocycles. The van der Waals surface area contributed by atoms with Gasteiger partial charge in [0.15, 0.2) is 11.3 Å². The van der Waals surface area contributed by atoms with E-state index in [1.165, 1.54) is 0 Å². The molecule has 3 aromatic rings. The molecule has 5 nitrogen and oxygen atoms in total. The first-order valence-electron chi connectivity index (χ1n) is 8.85. The topological polar surface area (TPSA) is 63.5 Å². The number of benzene rings is 2. The van der Waals surface area contributed by atoms with E-state index in [1.54, 1.807) is 0 Å². The minimum atomic E-state index is -0.264. The van der Waals surface area contributed by atoms with Crippen LogP contribution in [0.1, 0.15) is 44.2 Å². The molecule has 136 valence electrons. The Morgan fingerprint density at radius 3 is 2.50 bits per heavy atom. The van der Waals surface area contributed by atoms with Crippen molar-refractivity contribution >= 4 is 17.0 Å². The monoisotopic (exact) mass is 352 g/mol. The number of rotatable bonds is 6. The second-order valence-electron chi connectivity index (χ2n) is 6.23. The van der Waals surface area contributed by atoms with Crippen molar-refractivity contribution in [2.45, 2.75) is 32.9 Å². The summed E-state index contributed by atoms with van der Waals surface area (Å²) in [6.07, 6.45) is 0. The van der Waals surface area contributed by atoms with E-state index in [0.717, 1.165) is 10.9 Å².